The summed E-state index contributed by atoms with van der Waals surface area (Å²) in [5.41, 5.74) is 0. The summed E-state index contributed by atoms with van der Waals surface area (Å²) in [7, 11) is 1.70. The summed E-state index contributed by atoms with van der Waals surface area (Å²) in [4.78, 5) is 0. The predicted octanol–water partition coefficient (Wildman–Crippen LogP) is 1.71. The summed E-state index contributed by atoms with van der Waals surface area (Å²) in [5.74, 6) is 0.599. The quantitative estimate of drug-likeness (QED) is 0.691. The van der Waals surface area contributed by atoms with Gasteiger partial charge in [-0.05, 0) is 5.92 Å². The average Bonchev–Trinajstić information content (AvgIpc) is 2.13. The van der Waals surface area contributed by atoms with Crippen molar-refractivity contribution in [2.24, 2.45) is 5.92 Å². The molecule has 3 atom stereocenters. The summed E-state index contributed by atoms with van der Waals surface area (Å²) < 4.78 is 10.5. The van der Waals surface area contributed by atoms with E-state index in [2.05, 4.69) is 13.8 Å². The Morgan fingerprint density at radius 1 is 1.58 bits per heavy atom. The molecule has 1 aliphatic rings. The van der Waals surface area contributed by atoms with Gasteiger partial charge in [-0.25, -0.2) is 0 Å². The van der Waals surface area contributed by atoms with Crippen LogP contribution in [0.4, 0.5) is 0 Å². The molecule has 3 unspecified atom stereocenters. The second-order valence-corrected chi connectivity index (χ2v) is 2.96. The van der Waals surface area contributed by atoms with Crippen molar-refractivity contribution in [1.82, 2.24) is 0 Å². The molecule has 1 saturated heterocycles. The minimum absolute atomic E-state index is 0. The molecule has 1 rings (SSSR count). The fraction of sp³-hybridized carbons (Fsp3) is 0.778. The standard InChI is InChI=1S/C8H15O2.CH3.Y/c1-6-4-7(2)10-8(6)5-9-3;;/h6-8H,2,4-5H2,1,3H3;1H3;/q2*-1;. The topological polar surface area (TPSA) is 18.5 Å². The molecule has 0 amide bonds. The van der Waals surface area contributed by atoms with Gasteiger partial charge in [-0.3, -0.25) is 0 Å². The summed E-state index contributed by atoms with van der Waals surface area (Å²) in [6.07, 6.45) is 1.51. The minimum atomic E-state index is 0. The molecule has 0 spiro atoms. The number of rotatable bonds is 2. The van der Waals surface area contributed by atoms with Gasteiger partial charge in [0.1, 0.15) is 0 Å². The van der Waals surface area contributed by atoms with E-state index in [1.54, 1.807) is 7.11 Å². The molecular weight excluding hydrogens is 229 g/mol. The maximum atomic E-state index is 5.48. The van der Waals surface area contributed by atoms with E-state index in [0.717, 1.165) is 6.42 Å². The number of ether oxygens (including phenoxy) is 2. The summed E-state index contributed by atoms with van der Waals surface area (Å²) in [5, 5.41) is 0. The van der Waals surface area contributed by atoms with E-state index in [1.165, 1.54) is 0 Å². The Morgan fingerprint density at radius 2 is 2.17 bits per heavy atom. The van der Waals surface area contributed by atoms with E-state index in [0.29, 0.717) is 12.5 Å². The van der Waals surface area contributed by atoms with Crippen LogP contribution in [0.15, 0.2) is 0 Å². The summed E-state index contributed by atoms with van der Waals surface area (Å²) in [6.45, 7) is 6.72. The minimum Gasteiger partial charge on any atom is -0.404 e. The van der Waals surface area contributed by atoms with Crippen LogP contribution in [0, 0.1) is 20.3 Å². The van der Waals surface area contributed by atoms with Crippen molar-refractivity contribution in [3.8, 4) is 0 Å². The Bertz CT molecular complexity index is 109. The molecule has 2 nitrogen and oxygen atoms in total. The molecule has 1 fully saturated rings. The molecule has 0 aromatic rings. The molecule has 1 aliphatic heterocycles. The van der Waals surface area contributed by atoms with Crippen LogP contribution in [-0.2, 0) is 42.2 Å². The van der Waals surface area contributed by atoms with E-state index in [4.69, 9.17) is 9.47 Å². The van der Waals surface area contributed by atoms with Crippen molar-refractivity contribution in [3.05, 3.63) is 14.4 Å². The van der Waals surface area contributed by atoms with Crippen LogP contribution in [0.5, 0.6) is 0 Å². The zero-order valence-corrected chi connectivity index (χ0v) is 11.1. The molecule has 0 aliphatic carbocycles. The number of hydrogen-bond donors (Lipinski definition) is 0. The normalized spacial score (nSPS) is 33.8. The first-order valence-electron chi connectivity index (χ1n) is 3.71. The third-order valence-electron chi connectivity index (χ3n) is 1.97. The molecule has 3 heteroatoms. The molecule has 71 valence electrons. The average molecular weight is 247 g/mol. The fourth-order valence-corrected chi connectivity index (χ4v) is 1.37. The van der Waals surface area contributed by atoms with Gasteiger partial charge in [0.2, 0.25) is 0 Å². The van der Waals surface area contributed by atoms with Crippen LogP contribution in [0.25, 0.3) is 0 Å². The zero-order chi connectivity index (χ0) is 7.56. The van der Waals surface area contributed by atoms with Gasteiger partial charge in [-0.2, -0.15) is 0 Å². The first kappa shape index (κ1) is 15.5. The largest absolute Gasteiger partial charge is 0.404 e. The van der Waals surface area contributed by atoms with E-state index in [9.17, 15) is 0 Å². The molecule has 1 heterocycles. The molecule has 1 radical (unpaired) electrons. The van der Waals surface area contributed by atoms with Crippen LogP contribution in [0.3, 0.4) is 0 Å². The maximum absolute atomic E-state index is 5.48. The van der Waals surface area contributed by atoms with Crippen molar-refractivity contribution in [1.29, 1.82) is 0 Å². The Hall–Kier alpha value is 1.02. The van der Waals surface area contributed by atoms with Gasteiger partial charge in [-0.15, -0.1) is 0 Å². The smallest absolute Gasteiger partial charge is 0.0801 e. The van der Waals surface area contributed by atoms with Crippen molar-refractivity contribution in [2.75, 3.05) is 13.7 Å². The van der Waals surface area contributed by atoms with Crippen LogP contribution in [-0.4, -0.2) is 25.9 Å². The van der Waals surface area contributed by atoms with Crippen LogP contribution >= 0.6 is 0 Å². The Kier molecular flexibility index (Phi) is 9.59. The number of hydrogen-bond acceptors (Lipinski definition) is 2. The monoisotopic (exact) mass is 247 g/mol. The van der Waals surface area contributed by atoms with Gasteiger partial charge >= 0.3 is 0 Å². The number of methoxy groups -OCH3 is 1. The van der Waals surface area contributed by atoms with E-state index in [-0.39, 0.29) is 52.3 Å². The summed E-state index contributed by atoms with van der Waals surface area (Å²) >= 11 is 0. The van der Waals surface area contributed by atoms with Gasteiger partial charge in [0.15, 0.2) is 0 Å². The van der Waals surface area contributed by atoms with Gasteiger partial charge in [-0.1, -0.05) is 19.4 Å². The second-order valence-electron chi connectivity index (χ2n) is 2.96. The molecule has 0 N–H and O–H groups in total. The predicted molar refractivity (Wildman–Crippen MR) is 46.1 cm³/mol. The Balaban J connectivity index is 0. The molecule has 0 saturated carbocycles. The van der Waals surface area contributed by atoms with Gasteiger partial charge in [0.25, 0.3) is 0 Å². The van der Waals surface area contributed by atoms with Crippen molar-refractivity contribution < 1.29 is 42.2 Å². The van der Waals surface area contributed by atoms with Gasteiger partial charge < -0.3 is 23.8 Å². The molecule has 0 aromatic heterocycles. The molecule has 12 heavy (non-hydrogen) atoms. The van der Waals surface area contributed by atoms with Crippen molar-refractivity contribution >= 4 is 0 Å². The van der Waals surface area contributed by atoms with Crippen molar-refractivity contribution in [3.63, 3.8) is 0 Å². The molecular formula is C9H18O2Y-2. The third kappa shape index (κ3) is 4.31. The molecule has 0 bridgehead atoms. The van der Waals surface area contributed by atoms with Crippen molar-refractivity contribution in [2.45, 2.75) is 25.6 Å². The Labute approximate surface area is 101 Å². The first-order chi connectivity index (χ1) is 4.74. The van der Waals surface area contributed by atoms with Crippen LogP contribution in [0.1, 0.15) is 13.3 Å². The Morgan fingerprint density at radius 3 is 2.50 bits per heavy atom. The second kappa shape index (κ2) is 7.43. The van der Waals surface area contributed by atoms with E-state index < -0.39 is 0 Å². The maximum Gasteiger partial charge on any atom is 0.0801 e. The fourth-order valence-electron chi connectivity index (χ4n) is 1.37. The van der Waals surface area contributed by atoms with Crippen LogP contribution < -0.4 is 0 Å². The zero-order valence-electron chi connectivity index (χ0n) is 8.25. The van der Waals surface area contributed by atoms with Crippen LogP contribution in [0.2, 0.25) is 0 Å². The third-order valence-corrected chi connectivity index (χ3v) is 1.97. The molecule has 0 aromatic carbocycles. The van der Waals surface area contributed by atoms with Gasteiger partial charge in [0.05, 0.1) is 12.7 Å². The first-order valence-corrected chi connectivity index (χ1v) is 3.71. The van der Waals surface area contributed by atoms with E-state index >= 15 is 0 Å². The SMILES string of the molecule is [CH2-]C1CC(C)C(COC)O1.[CH3-].[Y]. The van der Waals surface area contributed by atoms with Gasteiger partial charge in [0, 0.05) is 39.8 Å². The summed E-state index contributed by atoms with van der Waals surface area (Å²) in [6, 6.07) is 0. The van der Waals surface area contributed by atoms with E-state index in [1.807, 2.05) is 0 Å².